The van der Waals surface area contributed by atoms with Crippen molar-refractivity contribution < 1.29 is 9.15 Å². The predicted molar refractivity (Wildman–Crippen MR) is 103 cm³/mol. The van der Waals surface area contributed by atoms with Crippen molar-refractivity contribution in [2.45, 2.75) is 13.1 Å². The van der Waals surface area contributed by atoms with E-state index in [-0.39, 0.29) is 0 Å². The summed E-state index contributed by atoms with van der Waals surface area (Å²) in [5.74, 6) is 1.50. The quantitative estimate of drug-likeness (QED) is 0.662. The molecule has 3 aromatic rings. The van der Waals surface area contributed by atoms with Gasteiger partial charge in [-0.1, -0.05) is 6.07 Å². The molecule has 0 amide bonds. The van der Waals surface area contributed by atoms with E-state index in [0.29, 0.717) is 5.89 Å². The van der Waals surface area contributed by atoms with Gasteiger partial charge in [-0.15, -0.1) is 11.3 Å². The van der Waals surface area contributed by atoms with Crippen molar-refractivity contribution in [3.05, 3.63) is 58.6 Å². The first-order valence-electron chi connectivity index (χ1n) is 8.86. The van der Waals surface area contributed by atoms with Gasteiger partial charge < -0.3 is 9.15 Å². The molecule has 26 heavy (non-hydrogen) atoms. The fraction of sp³-hybridized carbons (Fsp3) is 0.350. The molecule has 5 nitrogen and oxygen atoms in total. The van der Waals surface area contributed by atoms with Crippen LogP contribution in [0.4, 0.5) is 0 Å². The van der Waals surface area contributed by atoms with Crippen LogP contribution in [0.5, 0.6) is 5.75 Å². The molecule has 0 spiro atoms. The molecule has 0 unspecified atom stereocenters. The first kappa shape index (κ1) is 17.3. The van der Waals surface area contributed by atoms with E-state index in [1.165, 1.54) is 4.88 Å². The first-order valence-corrected chi connectivity index (χ1v) is 9.74. The summed E-state index contributed by atoms with van der Waals surface area (Å²) in [5.41, 5.74) is 1.96. The maximum Gasteiger partial charge on any atom is 0.226 e. The lowest BCUT2D eigenvalue weighted by atomic mass is 10.2. The Morgan fingerprint density at radius 3 is 2.42 bits per heavy atom. The van der Waals surface area contributed by atoms with Crippen LogP contribution in [-0.2, 0) is 13.1 Å². The molecule has 6 heteroatoms. The summed E-state index contributed by atoms with van der Waals surface area (Å²) in [7, 11) is 1.67. The minimum atomic E-state index is 0.666. The predicted octanol–water partition coefficient (Wildman–Crippen LogP) is 3.73. The normalized spacial score (nSPS) is 16.0. The molecule has 0 atom stereocenters. The molecule has 1 aromatic carbocycles. The van der Waals surface area contributed by atoms with Crippen LogP contribution in [0.25, 0.3) is 11.5 Å². The Bertz CT molecular complexity index is 806. The maximum absolute atomic E-state index is 5.67. The van der Waals surface area contributed by atoms with Crippen molar-refractivity contribution in [1.82, 2.24) is 14.8 Å². The number of methoxy groups -OCH3 is 1. The van der Waals surface area contributed by atoms with E-state index in [1.54, 1.807) is 13.4 Å². The van der Waals surface area contributed by atoms with Crippen LogP contribution in [0, 0.1) is 0 Å². The summed E-state index contributed by atoms with van der Waals surface area (Å²) in [6, 6.07) is 12.1. The molecule has 1 saturated heterocycles. The van der Waals surface area contributed by atoms with Gasteiger partial charge in [0, 0.05) is 49.7 Å². The van der Waals surface area contributed by atoms with Crippen molar-refractivity contribution >= 4 is 11.3 Å². The number of thiophene rings is 1. The zero-order chi connectivity index (χ0) is 17.8. The summed E-state index contributed by atoms with van der Waals surface area (Å²) >= 11 is 1.84. The van der Waals surface area contributed by atoms with Gasteiger partial charge in [-0.25, -0.2) is 4.98 Å². The second kappa shape index (κ2) is 8.03. The number of aromatic nitrogens is 1. The largest absolute Gasteiger partial charge is 0.497 e. The van der Waals surface area contributed by atoms with Gasteiger partial charge in [0.05, 0.1) is 12.8 Å². The molecule has 0 N–H and O–H groups in total. The molecule has 4 rings (SSSR count). The van der Waals surface area contributed by atoms with Crippen LogP contribution in [0.1, 0.15) is 10.6 Å². The highest BCUT2D eigenvalue weighted by atomic mass is 32.1. The number of oxazole rings is 1. The molecule has 0 saturated carbocycles. The second-order valence-corrected chi connectivity index (χ2v) is 7.54. The van der Waals surface area contributed by atoms with Crippen LogP contribution < -0.4 is 4.74 Å². The third kappa shape index (κ3) is 4.15. The van der Waals surface area contributed by atoms with Gasteiger partial charge in [-0.3, -0.25) is 9.80 Å². The molecule has 2 aromatic heterocycles. The third-order valence-corrected chi connectivity index (χ3v) is 5.56. The van der Waals surface area contributed by atoms with Gasteiger partial charge in [0.25, 0.3) is 0 Å². The van der Waals surface area contributed by atoms with Crippen LogP contribution in [-0.4, -0.2) is 48.1 Å². The molecule has 1 fully saturated rings. The van der Waals surface area contributed by atoms with Gasteiger partial charge in [-0.2, -0.15) is 0 Å². The smallest absolute Gasteiger partial charge is 0.226 e. The second-order valence-electron chi connectivity index (χ2n) is 6.50. The van der Waals surface area contributed by atoms with Gasteiger partial charge in [0.15, 0.2) is 0 Å². The molecule has 3 heterocycles. The fourth-order valence-electron chi connectivity index (χ4n) is 3.20. The number of hydrogen-bond acceptors (Lipinski definition) is 6. The number of nitrogens with zero attached hydrogens (tertiary/aromatic N) is 3. The van der Waals surface area contributed by atoms with Crippen molar-refractivity contribution in [3.8, 4) is 17.2 Å². The van der Waals surface area contributed by atoms with E-state index in [4.69, 9.17) is 9.15 Å². The summed E-state index contributed by atoms with van der Waals surface area (Å²) in [4.78, 5) is 11.1. The standard InChI is InChI=1S/C20H23N3O2S/c1-24-18-6-4-16(5-7-18)20-21-17(15-25-20)13-22-8-10-23(11-9-22)14-19-3-2-12-26-19/h2-7,12,15H,8-11,13-14H2,1H3. The lowest BCUT2D eigenvalue weighted by Crippen LogP contribution is -2.45. The van der Waals surface area contributed by atoms with Crippen molar-refractivity contribution in [2.24, 2.45) is 0 Å². The lowest BCUT2D eigenvalue weighted by Gasteiger charge is -2.33. The monoisotopic (exact) mass is 369 g/mol. The highest BCUT2D eigenvalue weighted by Crippen LogP contribution is 2.22. The molecule has 1 aliphatic rings. The van der Waals surface area contributed by atoms with Crippen molar-refractivity contribution in [1.29, 1.82) is 0 Å². The molecular formula is C20H23N3O2S. The van der Waals surface area contributed by atoms with Crippen molar-refractivity contribution in [2.75, 3.05) is 33.3 Å². The van der Waals surface area contributed by atoms with E-state index >= 15 is 0 Å². The van der Waals surface area contributed by atoms with Gasteiger partial charge in [0.2, 0.25) is 5.89 Å². The summed E-state index contributed by atoms with van der Waals surface area (Å²) < 4.78 is 10.9. The maximum atomic E-state index is 5.67. The molecule has 0 bridgehead atoms. The minimum absolute atomic E-state index is 0.666. The van der Waals surface area contributed by atoms with Gasteiger partial charge >= 0.3 is 0 Å². The van der Waals surface area contributed by atoms with E-state index < -0.39 is 0 Å². The summed E-state index contributed by atoms with van der Waals surface area (Å²) in [6.45, 7) is 6.23. The Morgan fingerprint density at radius 1 is 1.04 bits per heavy atom. The van der Waals surface area contributed by atoms with Crippen LogP contribution in [0.15, 0.2) is 52.5 Å². The Kier molecular flexibility index (Phi) is 5.34. The Morgan fingerprint density at radius 2 is 1.77 bits per heavy atom. The molecule has 0 aliphatic carbocycles. The van der Waals surface area contributed by atoms with Crippen LogP contribution >= 0.6 is 11.3 Å². The number of ether oxygens (including phenoxy) is 1. The van der Waals surface area contributed by atoms with E-state index in [2.05, 4.69) is 32.3 Å². The van der Waals surface area contributed by atoms with Gasteiger partial charge in [-0.05, 0) is 35.7 Å². The topological polar surface area (TPSA) is 41.7 Å². The molecule has 136 valence electrons. The number of piperazine rings is 1. The average Bonchev–Trinajstić information content (AvgIpc) is 3.36. The highest BCUT2D eigenvalue weighted by Gasteiger charge is 2.18. The minimum Gasteiger partial charge on any atom is -0.497 e. The van der Waals surface area contributed by atoms with E-state index in [1.807, 2.05) is 35.6 Å². The zero-order valence-corrected chi connectivity index (χ0v) is 15.7. The van der Waals surface area contributed by atoms with E-state index in [0.717, 1.165) is 56.3 Å². The van der Waals surface area contributed by atoms with Crippen molar-refractivity contribution in [3.63, 3.8) is 0 Å². The highest BCUT2D eigenvalue weighted by molar-refractivity contribution is 7.09. The number of benzene rings is 1. The number of rotatable bonds is 6. The van der Waals surface area contributed by atoms with E-state index in [9.17, 15) is 0 Å². The third-order valence-electron chi connectivity index (χ3n) is 4.70. The SMILES string of the molecule is COc1ccc(-c2nc(CN3CCN(Cc4cccs4)CC3)co2)cc1. The zero-order valence-electron chi connectivity index (χ0n) is 14.9. The first-order chi connectivity index (χ1) is 12.8. The fourth-order valence-corrected chi connectivity index (χ4v) is 3.95. The molecule has 1 aliphatic heterocycles. The lowest BCUT2D eigenvalue weighted by molar-refractivity contribution is 0.122. The molecule has 0 radical (unpaired) electrons. The van der Waals surface area contributed by atoms with Crippen LogP contribution in [0.2, 0.25) is 0 Å². The Hall–Kier alpha value is -2.15. The van der Waals surface area contributed by atoms with Crippen LogP contribution in [0.3, 0.4) is 0 Å². The van der Waals surface area contributed by atoms with Gasteiger partial charge in [0.1, 0.15) is 12.0 Å². The summed E-state index contributed by atoms with van der Waals surface area (Å²) in [6.07, 6.45) is 1.78. The molecular weight excluding hydrogens is 346 g/mol. The number of hydrogen-bond donors (Lipinski definition) is 0. The Balaban J connectivity index is 1.30. The Labute approximate surface area is 157 Å². The summed E-state index contributed by atoms with van der Waals surface area (Å²) in [5, 5.41) is 2.15. The average molecular weight is 369 g/mol.